The second-order valence-electron chi connectivity index (χ2n) is 10.4. The van der Waals surface area contributed by atoms with E-state index < -0.39 is 42.1 Å². The largest absolute Gasteiger partial charge is 0.508 e. The summed E-state index contributed by atoms with van der Waals surface area (Å²) in [7, 11) is 0. The molecule has 3 aromatic carbocycles. The van der Waals surface area contributed by atoms with Crippen LogP contribution in [0.3, 0.4) is 0 Å². The van der Waals surface area contributed by atoms with Crippen LogP contribution >= 0.6 is 11.6 Å². The van der Waals surface area contributed by atoms with Gasteiger partial charge in [0, 0.05) is 6.42 Å². The Bertz CT molecular complexity index is 1390. The fourth-order valence-corrected chi connectivity index (χ4v) is 4.45. The van der Waals surface area contributed by atoms with E-state index >= 15 is 0 Å². The molecular weight excluding hydrogens is 544 g/mol. The number of phenols is 1. The Morgan fingerprint density at radius 1 is 1.02 bits per heavy atom. The Kier molecular flexibility index (Phi) is 10.3. The lowest BCUT2D eigenvalue weighted by atomic mass is 10.00. The Morgan fingerprint density at radius 2 is 1.68 bits per heavy atom. The zero-order chi connectivity index (χ0) is 30.2. The van der Waals surface area contributed by atoms with Crippen LogP contribution < -0.4 is 10.6 Å². The molecule has 0 saturated heterocycles. The molecule has 2 unspecified atom stereocenters. The Labute approximate surface area is 244 Å². The second-order valence-corrected chi connectivity index (χ2v) is 10.8. The molecule has 3 N–H and O–H groups in total. The fourth-order valence-electron chi connectivity index (χ4n) is 4.18. The minimum Gasteiger partial charge on any atom is -0.508 e. The standard InChI is InChI=1S/C31H33ClN4O5/c1-20-9-8-12-24(32)26(20)35-28(38)27(22-10-6-5-7-11-22)36(18-17-33)29(39)25(34-30(40)41-31(2,3)4)19-21-13-15-23(37)16-14-21/h5-16,25,27,37H,18-19H2,1-4H3,(H,34,40)(H,35,38). The molecule has 0 saturated carbocycles. The first-order chi connectivity index (χ1) is 19.4. The molecule has 10 heteroatoms. The third-order valence-corrected chi connectivity index (χ3v) is 6.35. The SMILES string of the molecule is Cc1cccc(Cl)c1NC(=O)C(c1ccccc1)N(CC#N)C(=O)C(Cc1ccc(O)cc1)NC(=O)OC(C)(C)C. The van der Waals surface area contributed by atoms with Crippen molar-refractivity contribution in [2.24, 2.45) is 0 Å². The lowest BCUT2D eigenvalue weighted by molar-refractivity contribution is -0.140. The number of para-hydroxylation sites is 1. The molecule has 214 valence electrons. The summed E-state index contributed by atoms with van der Waals surface area (Å²) < 4.78 is 5.39. The topological polar surface area (TPSA) is 132 Å². The van der Waals surface area contributed by atoms with E-state index in [0.717, 1.165) is 4.90 Å². The minimum atomic E-state index is -1.23. The molecule has 0 radical (unpaired) electrons. The number of anilines is 1. The molecule has 3 rings (SSSR count). The number of carbonyl (C=O) groups excluding carboxylic acids is 3. The predicted octanol–water partition coefficient (Wildman–Crippen LogP) is 5.52. The number of hydrogen-bond acceptors (Lipinski definition) is 6. The molecule has 0 aliphatic carbocycles. The van der Waals surface area contributed by atoms with E-state index in [2.05, 4.69) is 10.6 Å². The first kappa shape index (κ1) is 31.0. The number of aromatic hydroxyl groups is 1. The van der Waals surface area contributed by atoms with Gasteiger partial charge in [-0.2, -0.15) is 5.26 Å². The van der Waals surface area contributed by atoms with Gasteiger partial charge < -0.3 is 25.4 Å². The highest BCUT2D eigenvalue weighted by Gasteiger charge is 2.36. The lowest BCUT2D eigenvalue weighted by Crippen LogP contribution is -2.53. The molecule has 3 aromatic rings. The van der Waals surface area contributed by atoms with Gasteiger partial charge in [-0.1, -0.05) is 66.2 Å². The van der Waals surface area contributed by atoms with Crippen LogP contribution in [0.1, 0.15) is 43.5 Å². The fraction of sp³-hybridized carbons (Fsp3) is 0.290. The van der Waals surface area contributed by atoms with Crippen LogP contribution in [0.25, 0.3) is 0 Å². The number of ether oxygens (including phenoxy) is 1. The second kappa shape index (κ2) is 13.7. The van der Waals surface area contributed by atoms with E-state index in [4.69, 9.17) is 16.3 Å². The first-order valence-electron chi connectivity index (χ1n) is 13.0. The highest BCUT2D eigenvalue weighted by Crippen LogP contribution is 2.29. The third-order valence-electron chi connectivity index (χ3n) is 6.03. The number of halogens is 1. The van der Waals surface area contributed by atoms with Crippen LogP contribution in [0.15, 0.2) is 72.8 Å². The van der Waals surface area contributed by atoms with E-state index in [1.807, 2.05) is 6.07 Å². The number of nitriles is 1. The van der Waals surface area contributed by atoms with Crippen molar-refractivity contribution < 1.29 is 24.2 Å². The highest BCUT2D eigenvalue weighted by atomic mass is 35.5. The van der Waals surface area contributed by atoms with Crippen LogP contribution in [0.2, 0.25) is 5.02 Å². The van der Waals surface area contributed by atoms with E-state index in [1.165, 1.54) is 12.1 Å². The molecule has 0 aliphatic heterocycles. The molecular formula is C31H33ClN4O5. The number of phenolic OH excluding ortho intramolecular Hbond substituents is 1. The first-order valence-corrected chi connectivity index (χ1v) is 13.3. The van der Waals surface area contributed by atoms with Crippen LogP contribution in [-0.2, 0) is 20.7 Å². The smallest absolute Gasteiger partial charge is 0.408 e. The van der Waals surface area contributed by atoms with Crippen molar-refractivity contribution in [3.05, 3.63) is 94.5 Å². The van der Waals surface area contributed by atoms with Crippen LogP contribution in [-0.4, -0.2) is 46.1 Å². The zero-order valence-corrected chi connectivity index (χ0v) is 24.1. The minimum absolute atomic E-state index is 0.00698. The normalized spacial score (nSPS) is 12.4. The number of alkyl carbamates (subject to hydrolysis) is 1. The van der Waals surface area contributed by atoms with Crippen molar-refractivity contribution in [2.45, 2.75) is 51.8 Å². The summed E-state index contributed by atoms with van der Waals surface area (Å²) in [5.41, 5.74) is 1.35. The van der Waals surface area contributed by atoms with E-state index in [9.17, 15) is 24.8 Å². The molecule has 0 fully saturated rings. The van der Waals surface area contributed by atoms with Crippen molar-refractivity contribution in [3.63, 3.8) is 0 Å². The third kappa shape index (κ3) is 8.72. The van der Waals surface area contributed by atoms with E-state index in [1.54, 1.807) is 88.4 Å². The monoisotopic (exact) mass is 576 g/mol. The van der Waals surface area contributed by atoms with E-state index in [0.29, 0.717) is 27.4 Å². The maximum atomic E-state index is 14.2. The summed E-state index contributed by atoms with van der Waals surface area (Å²) in [5.74, 6) is -1.22. The van der Waals surface area contributed by atoms with Gasteiger partial charge in [-0.25, -0.2) is 4.79 Å². The van der Waals surface area contributed by atoms with Crippen molar-refractivity contribution in [1.29, 1.82) is 5.26 Å². The van der Waals surface area contributed by atoms with Gasteiger partial charge in [-0.15, -0.1) is 0 Å². The molecule has 2 atom stereocenters. The average molecular weight is 577 g/mol. The van der Waals surface area contributed by atoms with Gasteiger partial charge in [-0.3, -0.25) is 9.59 Å². The molecule has 3 amide bonds. The van der Waals surface area contributed by atoms with Crippen LogP contribution in [0.4, 0.5) is 10.5 Å². The number of benzene rings is 3. The van der Waals surface area contributed by atoms with Crippen molar-refractivity contribution in [3.8, 4) is 11.8 Å². The summed E-state index contributed by atoms with van der Waals surface area (Å²) in [5, 5.41) is 25.2. The number of carbonyl (C=O) groups is 3. The van der Waals surface area contributed by atoms with Gasteiger partial charge in [0.15, 0.2) is 0 Å². The summed E-state index contributed by atoms with van der Waals surface area (Å²) in [6.45, 7) is 6.42. The number of nitrogens with zero attached hydrogens (tertiary/aromatic N) is 2. The molecule has 9 nitrogen and oxygen atoms in total. The number of rotatable bonds is 9. The molecule has 0 aliphatic rings. The van der Waals surface area contributed by atoms with Gasteiger partial charge in [0.1, 0.15) is 30.0 Å². The Balaban J connectivity index is 2.04. The number of aryl methyl sites for hydroxylation is 1. The van der Waals surface area contributed by atoms with Gasteiger partial charge in [0.2, 0.25) is 5.91 Å². The maximum Gasteiger partial charge on any atom is 0.408 e. The summed E-state index contributed by atoms with van der Waals surface area (Å²) in [6, 6.07) is 19.4. The molecule has 0 spiro atoms. The number of nitrogens with one attached hydrogen (secondary N) is 2. The highest BCUT2D eigenvalue weighted by molar-refractivity contribution is 6.34. The molecule has 41 heavy (non-hydrogen) atoms. The summed E-state index contributed by atoms with van der Waals surface area (Å²) in [4.78, 5) is 41.9. The number of amides is 3. The Morgan fingerprint density at radius 3 is 2.27 bits per heavy atom. The quantitative estimate of drug-likeness (QED) is 0.287. The zero-order valence-electron chi connectivity index (χ0n) is 23.3. The maximum absolute atomic E-state index is 14.2. The summed E-state index contributed by atoms with van der Waals surface area (Å²) >= 11 is 6.36. The number of hydrogen-bond donors (Lipinski definition) is 3. The average Bonchev–Trinajstić information content (AvgIpc) is 2.90. The van der Waals surface area contributed by atoms with Crippen LogP contribution in [0, 0.1) is 18.3 Å². The molecule has 0 heterocycles. The van der Waals surface area contributed by atoms with Crippen molar-refractivity contribution >= 4 is 35.2 Å². The lowest BCUT2D eigenvalue weighted by Gasteiger charge is -2.33. The van der Waals surface area contributed by atoms with Gasteiger partial charge in [0.25, 0.3) is 5.91 Å². The van der Waals surface area contributed by atoms with Crippen molar-refractivity contribution in [2.75, 3.05) is 11.9 Å². The van der Waals surface area contributed by atoms with Crippen molar-refractivity contribution in [1.82, 2.24) is 10.2 Å². The van der Waals surface area contributed by atoms with E-state index in [-0.39, 0.29) is 12.2 Å². The Hall–Kier alpha value is -4.55. The van der Waals surface area contributed by atoms with Crippen LogP contribution in [0.5, 0.6) is 5.75 Å². The summed E-state index contributed by atoms with van der Waals surface area (Å²) in [6.07, 6.45) is -0.827. The molecule has 0 aromatic heterocycles. The molecule has 0 bridgehead atoms. The van der Waals surface area contributed by atoms with Gasteiger partial charge in [0.05, 0.1) is 16.8 Å². The predicted molar refractivity (Wildman–Crippen MR) is 156 cm³/mol. The van der Waals surface area contributed by atoms with Gasteiger partial charge in [-0.05, 0) is 62.6 Å². The van der Waals surface area contributed by atoms with Gasteiger partial charge >= 0.3 is 6.09 Å².